The molecule has 0 aliphatic rings. The zero-order chi connectivity index (χ0) is 20.8. The molecule has 0 bridgehead atoms. The molecule has 0 saturated carbocycles. The SMILES string of the molecule is COc1ccnc(NNC(=O)c2ccc(Oc3ccc(Cl)cc3[N+](=O)[O-])cc2)n1. The molecule has 0 atom stereocenters. The van der Waals surface area contributed by atoms with E-state index in [-0.39, 0.29) is 22.4 Å². The van der Waals surface area contributed by atoms with Crippen LogP contribution in [-0.4, -0.2) is 27.9 Å². The lowest BCUT2D eigenvalue weighted by Crippen LogP contribution is -2.30. The van der Waals surface area contributed by atoms with E-state index in [2.05, 4.69) is 20.8 Å². The third kappa shape index (κ3) is 5.08. The predicted molar refractivity (Wildman–Crippen MR) is 104 cm³/mol. The highest BCUT2D eigenvalue weighted by Crippen LogP contribution is 2.33. The highest BCUT2D eigenvalue weighted by atomic mass is 35.5. The number of anilines is 1. The number of methoxy groups -OCH3 is 1. The molecule has 1 heterocycles. The number of nitro benzene ring substituents is 1. The first-order chi connectivity index (χ1) is 14.0. The number of nitro groups is 1. The number of benzene rings is 2. The molecule has 0 fully saturated rings. The van der Waals surface area contributed by atoms with Gasteiger partial charge in [-0.3, -0.25) is 25.8 Å². The number of aromatic nitrogens is 2. The van der Waals surface area contributed by atoms with Crippen LogP contribution in [0.4, 0.5) is 11.6 Å². The van der Waals surface area contributed by atoms with Gasteiger partial charge in [-0.15, -0.1) is 0 Å². The molecule has 148 valence electrons. The third-order valence-corrected chi connectivity index (χ3v) is 3.82. The first kappa shape index (κ1) is 19.8. The summed E-state index contributed by atoms with van der Waals surface area (Å²) in [5.41, 5.74) is 5.08. The fraction of sp³-hybridized carbons (Fsp3) is 0.0556. The summed E-state index contributed by atoms with van der Waals surface area (Å²) >= 11 is 5.78. The van der Waals surface area contributed by atoms with E-state index in [1.165, 1.54) is 55.8 Å². The van der Waals surface area contributed by atoms with Crippen LogP contribution in [0.5, 0.6) is 17.4 Å². The molecule has 0 saturated heterocycles. The van der Waals surface area contributed by atoms with Crippen LogP contribution in [0.3, 0.4) is 0 Å². The number of hydrogen-bond acceptors (Lipinski definition) is 8. The Morgan fingerprint density at radius 1 is 1.17 bits per heavy atom. The number of carbonyl (C=O) groups is 1. The van der Waals surface area contributed by atoms with E-state index in [9.17, 15) is 14.9 Å². The van der Waals surface area contributed by atoms with Crippen LogP contribution in [0.25, 0.3) is 0 Å². The molecule has 1 amide bonds. The van der Waals surface area contributed by atoms with Crippen molar-refractivity contribution in [2.45, 2.75) is 0 Å². The van der Waals surface area contributed by atoms with E-state index in [0.717, 1.165) is 0 Å². The molecule has 29 heavy (non-hydrogen) atoms. The van der Waals surface area contributed by atoms with Gasteiger partial charge in [0.1, 0.15) is 5.75 Å². The average Bonchev–Trinajstić information content (AvgIpc) is 2.73. The lowest BCUT2D eigenvalue weighted by atomic mass is 10.2. The monoisotopic (exact) mass is 415 g/mol. The fourth-order valence-electron chi connectivity index (χ4n) is 2.22. The van der Waals surface area contributed by atoms with E-state index < -0.39 is 10.8 Å². The number of nitrogens with one attached hydrogen (secondary N) is 2. The zero-order valence-electron chi connectivity index (χ0n) is 15.0. The van der Waals surface area contributed by atoms with Crippen molar-refractivity contribution < 1.29 is 19.2 Å². The van der Waals surface area contributed by atoms with E-state index in [4.69, 9.17) is 21.1 Å². The summed E-state index contributed by atoms with van der Waals surface area (Å²) in [6.07, 6.45) is 1.47. The van der Waals surface area contributed by atoms with Crippen molar-refractivity contribution in [3.05, 3.63) is 75.4 Å². The van der Waals surface area contributed by atoms with Crippen LogP contribution >= 0.6 is 11.6 Å². The van der Waals surface area contributed by atoms with Crippen molar-refractivity contribution in [3.63, 3.8) is 0 Å². The van der Waals surface area contributed by atoms with Gasteiger partial charge in [0.15, 0.2) is 0 Å². The molecule has 2 N–H and O–H groups in total. The Hall–Kier alpha value is -3.92. The van der Waals surface area contributed by atoms with Crippen LogP contribution in [0, 0.1) is 10.1 Å². The molecule has 0 aliphatic heterocycles. The highest BCUT2D eigenvalue weighted by Gasteiger charge is 2.16. The molecule has 11 heteroatoms. The van der Waals surface area contributed by atoms with Crippen LogP contribution in [0.1, 0.15) is 10.4 Å². The standard InChI is InChI=1S/C18H14ClN5O5/c1-28-16-8-9-20-18(21-16)23-22-17(25)11-2-5-13(6-3-11)29-15-7-4-12(19)10-14(15)24(26)27/h2-10H,1H3,(H,22,25)(H,20,21,23). The number of rotatable bonds is 7. The van der Waals surface area contributed by atoms with E-state index in [0.29, 0.717) is 17.2 Å². The van der Waals surface area contributed by atoms with Gasteiger partial charge in [0.05, 0.1) is 12.0 Å². The second kappa shape index (κ2) is 8.85. The number of hydrazine groups is 1. The largest absolute Gasteiger partial charge is 0.481 e. The quantitative estimate of drug-likeness (QED) is 0.442. The topological polar surface area (TPSA) is 129 Å². The summed E-state index contributed by atoms with van der Waals surface area (Å²) in [7, 11) is 1.47. The van der Waals surface area contributed by atoms with E-state index in [1.807, 2.05) is 0 Å². The summed E-state index contributed by atoms with van der Waals surface area (Å²) in [6, 6.07) is 11.7. The Morgan fingerprint density at radius 2 is 1.93 bits per heavy atom. The second-order valence-electron chi connectivity index (χ2n) is 5.50. The maximum absolute atomic E-state index is 12.2. The summed E-state index contributed by atoms with van der Waals surface area (Å²) in [6.45, 7) is 0. The summed E-state index contributed by atoms with van der Waals surface area (Å²) < 4.78 is 10.5. The number of nitrogens with zero attached hydrogens (tertiary/aromatic N) is 3. The second-order valence-corrected chi connectivity index (χ2v) is 5.93. The maximum Gasteiger partial charge on any atom is 0.313 e. The van der Waals surface area contributed by atoms with Crippen LogP contribution in [0.15, 0.2) is 54.7 Å². The molecular formula is C18H14ClN5O5. The molecule has 0 unspecified atom stereocenters. The minimum Gasteiger partial charge on any atom is -0.481 e. The number of ether oxygens (including phenoxy) is 2. The Labute approximate surface area is 169 Å². The predicted octanol–water partition coefficient (Wildman–Crippen LogP) is 3.60. The molecule has 10 nitrogen and oxygen atoms in total. The third-order valence-electron chi connectivity index (χ3n) is 3.59. The van der Waals surface area contributed by atoms with Crippen molar-refractivity contribution in [1.82, 2.24) is 15.4 Å². The van der Waals surface area contributed by atoms with Gasteiger partial charge in [-0.05, 0) is 36.4 Å². The van der Waals surface area contributed by atoms with E-state index in [1.54, 1.807) is 6.07 Å². The average molecular weight is 416 g/mol. The van der Waals surface area contributed by atoms with Crippen molar-refractivity contribution in [2.75, 3.05) is 12.5 Å². The minimum atomic E-state index is -0.588. The molecule has 0 radical (unpaired) electrons. The Bertz CT molecular complexity index is 1050. The van der Waals surface area contributed by atoms with Gasteiger partial charge in [0, 0.05) is 28.9 Å². The minimum absolute atomic E-state index is 0.0356. The Kier molecular flexibility index (Phi) is 6.05. The van der Waals surface area contributed by atoms with Gasteiger partial charge in [0.25, 0.3) is 5.91 Å². The molecule has 0 spiro atoms. The highest BCUT2D eigenvalue weighted by molar-refractivity contribution is 6.30. The first-order valence-electron chi connectivity index (χ1n) is 8.11. The van der Waals surface area contributed by atoms with Crippen molar-refractivity contribution in [2.24, 2.45) is 0 Å². The zero-order valence-corrected chi connectivity index (χ0v) is 15.7. The lowest BCUT2D eigenvalue weighted by molar-refractivity contribution is -0.385. The first-order valence-corrected chi connectivity index (χ1v) is 8.49. The fourth-order valence-corrected chi connectivity index (χ4v) is 2.39. The van der Waals surface area contributed by atoms with Crippen molar-refractivity contribution in [3.8, 4) is 17.4 Å². The molecule has 3 rings (SSSR count). The van der Waals surface area contributed by atoms with E-state index >= 15 is 0 Å². The van der Waals surface area contributed by atoms with Crippen molar-refractivity contribution >= 4 is 29.1 Å². The summed E-state index contributed by atoms with van der Waals surface area (Å²) in [5, 5.41) is 11.4. The molecule has 2 aromatic carbocycles. The number of hydrogen-bond donors (Lipinski definition) is 2. The van der Waals surface area contributed by atoms with Crippen LogP contribution in [0.2, 0.25) is 5.02 Å². The summed E-state index contributed by atoms with van der Waals surface area (Å²) in [4.78, 5) is 30.7. The van der Waals surface area contributed by atoms with Gasteiger partial charge in [-0.2, -0.15) is 4.98 Å². The number of amides is 1. The molecule has 3 aromatic rings. The Balaban J connectivity index is 1.65. The summed E-state index contributed by atoms with van der Waals surface area (Å²) in [5.74, 6) is 0.409. The lowest BCUT2D eigenvalue weighted by Gasteiger charge is -2.09. The molecule has 0 aliphatic carbocycles. The number of halogens is 1. The normalized spacial score (nSPS) is 10.1. The maximum atomic E-state index is 12.2. The molecular weight excluding hydrogens is 402 g/mol. The van der Waals surface area contributed by atoms with Gasteiger partial charge >= 0.3 is 5.69 Å². The van der Waals surface area contributed by atoms with Gasteiger partial charge in [-0.25, -0.2) is 4.98 Å². The molecule has 1 aromatic heterocycles. The number of carbonyl (C=O) groups excluding carboxylic acids is 1. The van der Waals surface area contributed by atoms with Crippen LogP contribution < -0.4 is 20.3 Å². The van der Waals surface area contributed by atoms with Crippen molar-refractivity contribution in [1.29, 1.82) is 0 Å². The van der Waals surface area contributed by atoms with Crippen LogP contribution in [-0.2, 0) is 0 Å². The smallest absolute Gasteiger partial charge is 0.313 e. The van der Waals surface area contributed by atoms with Gasteiger partial charge in [0.2, 0.25) is 17.6 Å². The van der Waals surface area contributed by atoms with Gasteiger partial charge in [-0.1, -0.05) is 11.6 Å². The van der Waals surface area contributed by atoms with Gasteiger partial charge < -0.3 is 9.47 Å². The Morgan fingerprint density at radius 3 is 2.62 bits per heavy atom.